The summed E-state index contributed by atoms with van der Waals surface area (Å²) < 4.78 is 15.0. The molecule has 0 amide bonds. The van der Waals surface area contributed by atoms with E-state index in [1.165, 1.54) is 0 Å². The standard InChI is InChI=1S/2C5H5.CHO.2CO.2Rh/c2*1-2-4-5-3-1;3*1-2;;/h2*1-5H;1H;;;;/q;;-1;;;;. The number of hydrogen-bond donors (Lipinski definition) is 0. The van der Waals surface area contributed by atoms with Gasteiger partial charge in [0.2, 0.25) is 0 Å². The van der Waals surface area contributed by atoms with Crippen molar-refractivity contribution in [3.63, 3.8) is 0 Å². The molecule has 2 saturated carbocycles. The molecular formula is C13H11O3Rh2-. The Labute approximate surface area is 137 Å². The van der Waals surface area contributed by atoms with Gasteiger partial charge in [0, 0.05) is 39.0 Å². The summed E-state index contributed by atoms with van der Waals surface area (Å²) in [7, 11) is 0. The third kappa shape index (κ3) is 36.0. The first-order valence-corrected chi connectivity index (χ1v) is 3.98. The zero-order chi connectivity index (χ0) is 13.1. The maximum absolute atomic E-state index is 7.75. The Hall–Kier alpha value is 0.397. The molecule has 12 radical (unpaired) electrons. The van der Waals surface area contributed by atoms with Gasteiger partial charge >= 0.3 is 22.6 Å². The van der Waals surface area contributed by atoms with Crippen molar-refractivity contribution in [2.75, 3.05) is 0 Å². The van der Waals surface area contributed by atoms with E-state index >= 15 is 0 Å². The fraction of sp³-hybridized carbons (Fsp3) is 0. The Bertz CT molecular complexity index is 110. The summed E-state index contributed by atoms with van der Waals surface area (Å²) in [5.74, 6) is 0. The molecule has 100 valence electrons. The van der Waals surface area contributed by atoms with Crippen LogP contribution in [0.2, 0.25) is 0 Å². The molecule has 0 unspecified atom stereocenters. The van der Waals surface area contributed by atoms with Crippen LogP contribution >= 0.6 is 0 Å². The van der Waals surface area contributed by atoms with Crippen molar-refractivity contribution in [3.05, 3.63) is 77.5 Å². The van der Waals surface area contributed by atoms with Crippen LogP contribution in [0.3, 0.4) is 0 Å². The van der Waals surface area contributed by atoms with Crippen molar-refractivity contribution < 1.29 is 53.1 Å². The first-order valence-electron chi connectivity index (χ1n) is 3.98. The Morgan fingerprint density at radius 1 is 0.500 bits per heavy atom. The molecule has 2 aliphatic rings. The molecule has 0 saturated heterocycles. The summed E-state index contributed by atoms with van der Waals surface area (Å²) >= 11 is 0. The predicted octanol–water partition coefficient (Wildman–Crippen LogP) is 1.69. The van der Waals surface area contributed by atoms with E-state index in [1.807, 2.05) is 64.2 Å². The quantitative estimate of drug-likeness (QED) is 0.254. The summed E-state index contributed by atoms with van der Waals surface area (Å²) in [4.78, 5) is 7.75. The molecule has 0 bridgehead atoms. The molecule has 0 N–H and O–H groups in total. The molecule has 18 heavy (non-hydrogen) atoms. The van der Waals surface area contributed by atoms with Gasteiger partial charge in [-0.2, -0.15) is 0 Å². The summed E-state index contributed by atoms with van der Waals surface area (Å²) in [6, 6.07) is 0. The molecule has 0 spiro atoms. The second kappa shape index (κ2) is 43.3. The fourth-order valence-electron chi connectivity index (χ4n) is 0.642. The van der Waals surface area contributed by atoms with Crippen LogP contribution < -0.4 is 0 Å². The van der Waals surface area contributed by atoms with E-state index in [2.05, 4.69) is 20.1 Å². The molecule has 0 heterocycles. The van der Waals surface area contributed by atoms with Gasteiger partial charge in [0.15, 0.2) is 0 Å². The van der Waals surface area contributed by atoms with E-state index in [-0.39, 0.29) is 39.0 Å². The van der Waals surface area contributed by atoms with Gasteiger partial charge in [0.1, 0.15) is 0 Å². The topological polar surface area (TPSA) is 56.9 Å². The van der Waals surface area contributed by atoms with Crippen LogP contribution in [0.15, 0.2) is 0 Å². The van der Waals surface area contributed by atoms with E-state index < -0.39 is 0 Å². The maximum atomic E-state index is 7.75. The smallest absolute Gasteiger partial charge is 0 e. The average molecular weight is 421 g/mol. The average Bonchev–Trinajstić information content (AvgIpc) is 3.14. The van der Waals surface area contributed by atoms with Gasteiger partial charge in [-0.3, -0.25) is 6.79 Å². The number of hydrogen-bond acceptors (Lipinski definition) is 1. The summed E-state index contributed by atoms with van der Waals surface area (Å²) in [5, 5.41) is 0. The van der Waals surface area contributed by atoms with Crippen molar-refractivity contribution in [3.8, 4) is 0 Å². The van der Waals surface area contributed by atoms with Crippen molar-refractivity contribution in [1.82, 2.24) is 0 Å². The molecule has 0 atom stereocenters. The molecule has 0 aromatic carbocycles. The zero-order valence-corrected chi connectivity index (χ0v) is 12.5. The van der Waals surface area contributed by atoms with Gasteiger partial charge in [-0.1, -0.05) is 0 Å². The molecular weight excluding hydrogens is 410 g/mol. The Morgan fingerprint density at radius 3 is 0.611 bits per heavy atom. The van der Waals surface area contributed by atoms with Crippen molar-refractivity contribution in [2.45, 2.75) is 0 Å². The zero-order valence-electron chi connectivity index (χ0n) is 9.24. The van der Waals surface area contributed by atoms with Gasteiger partial charge in [0.25, 0.3) is 0 Å². The van der Waals surface area contributed by atoms with Crippen molar-refractivity contribution in [1.29, 1.82) is 0 Å². The van der Waals surface area contributed by atoms with Crippen LogP contribution in [-0.2, 0) is 53.1 Å². The van der Waals surface area contributed by atoms with Crippen LogP contribution in [0.5, 0.6) is 0 Å². The van der Waals surface area contributed by atoms with Gasteiger partial charge in [0.05, 0.1) is 0 Å². The first kappa shape index (κ1) is 31.0. The summed E-state index contributed by atoms with van der Waals surface area (Å²) in [6.45, 7) is 12.2. The van der Waals surface area contributed by atoms with Gasteiger partial charge < -0.3 is 4.79 Å². The van der Waals surface area contributed by atoms with Crippen LogP contribution in [0.1, 0.15) is 0 Å². The van der Waals surface area contributed by atoms with E-state index in [0.29, 0.717) is 0 Å². The van der Waals surface area contributed by atoms with Crippen molar-refractivity contribution in [2.24, 2.45) is 0 Å². The van der Waals surface area contributed by atoms with Gasteiger partial charge in [-0.05, 0) is 64.2 Å². The Morgan fingerprint density at radius 2 is 0.556 bits per heavy atom. The van der Waals surface area contributed by atoms with Crippen LogP contribution in [-0.4, -0.2) is 6.79 Å². The van der Waals surface area contributed by atoms with E-state index in [0.717, 1.165) is 0 Å². The summed E-state index contributed by atoms with van der Waals surface area (Å²) in [5.41, 5.74) is 0. The normalized spacial score (nSPS) is 13.8. The van der Waals surface area contributed by atoms with Crippen LogP contribution in [0.4, 0.5) is 0 Å². The monoisotopic (exact) mass is 421 g/mol. The van der Waals surface area contributed by atoms with Crippen LogP contribution in [0.25, 0.3) is 0 Å². The van der Waals surface area contributed by atoms with Crippen molar-refractivity contribution >= 4 is 6.79 Å². The van der Waals surface area contributed by atoms with Gasteiger partial charge in [-0.15, -0.1) is 0 Å². The SMILES string of the molecule is [C-]#[O+].[C-]#[O+].[CH-]=O.[CH]1[CH][CH][CH][CH]1.[CH]1[CH][CH][CH][CH]1.[Rh].[Rh]. The molecule has 0 aliphatic heterocycles. The third-order valence-corrected chi connectivity index (χ3v) is 1.11. The molecule has 2 fully saturated rings. The summed E-state index contributed by atoms with van der Waals surface area (Å²) in [6.07, 6.45) is 20.0. The maximum Gasteiger partial charge on any atom is 0 e. The number of carbonyl (C=O) groups excluding carboxylic acids is 1. The van der Waals surface area contributed by atoms with E-state index in [9.17, 15) is 0 Å². The predicted molar refractivity (Wildman–Crippen MR) is 57.6 cm³/mol. The minimum Gasteiger partial charge on any atom is -0.545 e. The molecule has 2 rings (SSSR count). The molecule has 2 aliphatic carbocycles. The third-order valence-electron chi connectivity index (χ3n) is 1.11. The Kier molecular flexibility index (Phi) is 74.6. The second-order valence-electron chi connectivity index (χ2n) is 1.92. The van der Waals surface area contributed by atoms with E-state index in [4.69, 9.17) is 14.1 Å². The minimum atomic E-state index is 0. The minimum absolute atomic E-state index is 0. The largest absolute Gasteiger partial charge is 0.545 e. The van der Waals surface area contributed by atoms with Crippen LogP contribution in [0, 0.1) is 77.5 Å². The second-order valence-corrected chi connectivity index (χ2v) is 1.92. The van der Waals surface area contributed by atoms with E-state index in [1.54, 1.807) is 0 Å². The molecule has 3 nitrogen and oxygen atoms in total. The first-order chi connectivity index (χ1) is 8.00. The Balaban J connectivity index is -0.0000000415. The molecule has 0 aromatic heterocycles. The van der Waals surface area contributed by atoms with Gasteiger partial charge in [-0.25, -0.2) is 0 Å². The molecule has 5 heteroatoms. The number of rotatable bonds is 0. The molecule has 0 aromatic rings. The fourth-order valence-corrected chi connectivity index (χ4v) is 0.642.